The van der Waals surface area contributed by atoms with Gasteiger partial charge in [0.25, 0.3) is 0 Å². The SMILES string of the molecule is CCC(CC)C(O)CNc1cccc(Cl)n1. The summed E-state index contributed by atoms with van der Waals surface area (Å²) < 4.78 is 0. The molecule has 1 heterocycles. The number of rotatable bonds is 6. The average molecular weight is 243 g/mol. The monoisotopic (exact) mass is 242 g/mol. The second-order valence-corrected chi connectivity index (χ2v) is 4.26. The zero-order chi connectivity index (χ0) is 12.0. The van der Waals surface area contributed by atoms with E-state index < -0.39 is 0 Å². The fraction of sp³-hybridized carbons (Fsp3) is 0.583. The molecular formula is C12H19ClN2O. The Hall–Kier alpha value is -0.800. The Balaban J connectivity index is 2.45. The number of nitrogens with zero attached hydrogens (tertiary/aromatic N) is 1. The summed E-state index contributed by atoms with van der Waals surface area (Å²) >= 11 is 5.76. The van der Waals surface area contributed by atoms with Crippen LogP contribution in [0.1, 0.15) is 26.7 Å². The van der Waals surface area contributed by atoms with Gasteiger partial charge in [-0.3, -0.25) is 0 Å². The van der Waals surface area contributed by atoms with Gasteiger partial charge in [-0.25, -0.2) is 4.98 Å². The van der Waals surface area contributed by atoms with E-state index in [2.05, 4.69) is 24.1 Å². The molecule has 0 fully saturated rings. The molecule has 1 atom stereocenters. The second kappa shape index (κ2) is 6.71. The number of anilines is 1. The minimum absolute atomic E-state index is 0.337. The molecular weight excluding hydrogens is 224 g/mol. The number of nitrogens with one attached hydrogen (secondary N) is 1. The van der Waals surface area contributed by atoms with E-state index in [-0.39, 0.29) is 6.10 Å². The van der Waals surface area contributed by atoms with Gasteiger partial charge >= 0.3 is 0 Å². The summed E-state index contributed by atoms with van der Waals surface area (Å²) in [5, 5.41) is 13.5. The third-order valence-corrected chi connectivity index (χ3v) is 3.01. The Bertz CT molecular complexity index is 316. The summed E-state index contributed by atoms with van der Waals surface area (Å²) in [7, 11) is 0. The van der Waals surface area contributed by atoms with Crippen molar-refractivity contribution in [3.05, 3.63) is 23.4 Å². The molecule has 3 nitrogen and oxygen atoms in total. The first-order valence-electron chi connectivity index (χ1n) is 5.71. The van der Waals surface area contributed by atoms with Crippen LogP contribution in [0.4, 0.5) is 5.82 Å². The number of hydrogen-bond donors (Lipinski definition) is 2. The van der Waals surface area contributed by atoms with Crippen LogP contribution in [0.5, 0.6) is 0 Å². The summed E-state index contributed by atoms with van der Waals surface area (Å²) in [4.78, 5) is 4.10. The molecule has 0 radical (unpaired) electrons. The van der Waals surface area contributed by atoms with Gasteiger partial charge in [0.15, 0.2) is 0 Å². The Morgan fingerprint density at radius 1 is 1.38 bits per heavy atom. The van der Waals surface area contributed by atoms with Crippen LogP contribution < -0.4 is 5.32 Å². The van der Waals surface area contributed by atoms with Crippen molar-refractivity contribution in [2.75, 3.05) is 11.9 Å². The molecule has 4 heteroatoms. The van der Waals surface area contributed by atoms with Crippen molar-refractivity contribution in [2.24, 2.45) is 5.92 Å². The van der Waals surface area contributed by atoms with Crippen molar-refractivity contribution >= 4 is 17.4 Å². The fourth-order valence-corrected chi connectivity index (χ4v) is 1.88. The summed E-state index contributed by atoms with van der Waals surface area (Å²) in [5.74, 6) is 1.05. The van der Waals surface area contributed by atoms with Gasteiger partial charge < -0.3 is 10.4 Å². The number of aromatic nitrogens is 1. The van der Waals surface area contributed by atoms with E-state index in [4.69, 9.17) is 11.6 Å². The molecule has 0 saturated carbocycles. The van der Waals surface area contributed by atoms with Crippen LogP contribution in [0.3, 0.4) is 0 Å². The van der Waals surface area contributed by atoms with Crippen molar-refractivity contribution in [1.82, 2.24) is 4.98 Å². The third kappa shape index (κ3) is 3.99. The molecule has 0 bridgehead atoms. The van der Waals surface area contributed by atoms with E-state index in [1.807, 2.05) is 12.1 Å². The van der Waals surface area contributed by atoms with Gasteiger partial charge in [-0.1, -0.05) is 44.4 Å². The summed E-state index contributed by atoms with van der Waals surface area (Å²) in [6, 6.07) is 5.40. The number of aliphatic hydroxyl groups excluding tert-OH is 1. The second-order valence-electron chi connectivity index (χ2n) is 3.87. The number of halogens is 1. The lowest BCUT2D eigenvalue weighted by Gasteiger charge is -2.20. The van der Waals surface area contributed by atoms with Crippen LogP contribution >= 0.6 is 11.6 Å². The Labute approximate surface area is 102 Å². The molecule has 0 amide bonds. The lowest BCUT2D eigenvalue weighted by molar-refractivity contribution is 0.114. The summed E-state index contributed by atoms with van der Waals surface area (Å²) in [6.07, 6.45) is 1.64. The first-order valence-corrected chi connectivity index (χ1v) is 6.09. The van der Waals surface area contributed by atoms with Gasteiger partial charge in [0, 0.05) is 6.54 Å². The molecule has 1 unspecified atom stereocenters. The number of pyridine rings is 1. The molecule has 0 aliphatic heterocycles. The van der Waals surface area contributed by atoms with Crippen LogP contribution in [0, 0.1) is 5.92 Å². The number of aliphatic hydroxyl groups is 1. The van der Waals surface area contributed by atoms with E-state index in [0.717, 1.165) is 12.8 Å². The first kappa shape index (κ1) is 13.3. The maximum Gasteiger partial charge on any atom is 0.131 e. The highest BCUT2D eigenvalue weighted by atomic mass is 35.5. The zero-order valence-corrected chi connectivity index (χ0v) is 10.5. The highest BCUT2D eigenvalue weighted by Gasteiger charge is 2.14. The van der Waals surface area contributed by atoms with Gasteiger partial charge in [0.1, 0.15) is 11.0 Å². The first-order chi connectivity index (χ1) is 7.67. The molecule has 0 aliphatic rings. The van der Waals surface area contributed by atoms with Crippen LogP contribution in [-0.4, -0.2) is 22.7 Å². The summed E-state index contributed by atoms with van der Waals surface area (Å²) in [5.41, 5.74) is 0. The van der Waals surface area contributed by atoms with Crippen LogP contribution in [0.2, 0.25) is 5.15 Å². The van der Waals surface area contributed by atoms with Crippen molar-refractivity contribution in [2.45, 2.75) is 32.8 Å². The molecule has 1 rings (SSSR count). The van der Waals surface area contributed by atoms with Crippen molar-refractivity contribution in [3.63, 3.8) is 0 Å². The Kier molecular flexibility index (Phi) is 5.56. The standard InChI is InChI=1S/C12H19ClN2O/c1-3-9(4-2)10(16)8-14-12-7-5-6-11(13)15-12/h5-7,9-10,16H,3-4,8H2,1-2H3,(H,14,15). The highest BCUT2D eigenvalue weighted by Crippen LogP contribution is 2.14. The molecule has 0 saturated heterocycles. The molecule has 1 aromatic rings. The van der Waals surface area contributed by atoms with Crippen molar-refractivity contribution < 1.29 is 5.11 Å². The minimum Gasteiger partial charge on any atom is -0.391 e. The third-order valence-electron chi connectivity index (χ3n) is 2.80. The van der Waals surface area contributed by atoms with Crippen molar-refractivity contribution in [3.8, 4) is 0 Å². The predicted molar refractivity (Wildman–Crippen MR) is 67.8 cm³/mol. The fourth-order valence-electron chi connectivity index (χ4n) is 1.72. The van der Waals surface area contributed by atoms with E-state index >= 15 is 0 Å². The Morgan fingerprint density at radius 3 is 2.62 bits per heavy atom. The maximum absolute atomic E-state index is 9.92. The maximum atomic E-state index is 9.92. The van der Waals surface area contributed by atoms with E-state index in [1.165, 1.54) is 0 Å². The van der Waals surface area contributed by atoms with Gasteiger partial charge in [-0.2, -0.15) is 0 Å². The van der Waals surface area contributed by atoms with Gasteiger partial charge in [-0.05, 0) is 18.1 Å². The molecule has 0 spiro atoms. The smallest absolute Gasteiger partial charge is 0.131 e. The zero-order valence-electron chi connectivity index (χ0n) is 9.78. The van der Waals surface area contributed by atoms with E-state index in [0.29, 0.717) is 23.4 Å². The van der Waals surface area contributed by atoms with Crippen LogP contribution in [0.25, 0.3) is 0 Å². The molecule has 0 aromatic carbocycles. The average Bonchev–Trinajstić information content (AvgIpc) is 2.28. The normalized spacial score (nSPS) is 12.8. The quantitative estimate of drug-likeness (QED) is 0.754. The van der Waals surface area contributed by atoms with E-state index in [1.54, 1.807) is 6.07 Å². The van der Waals surface area contributed by atoms with Crippen LogP contribution in [-0.2, 0) is 0 Å². The Morgan fingerprint density at radius 2 is 2.06 bits per heavy atom. The van der Waals surface area contributed by atoms with Crippen LogP contribution in [0.15, 0.2) is 18.2 Å². The predicted octanol–water partition coefficient (Wildman–Crippen LogP) is 2.94. The van der Waals surface area contributed by atoms with Gasteiger partial charge in [0.05, 0.1) is 6.10 Å². The van der Waals surface area contributed by atoms with Gasteiger partial charge in [-0.15, -0.1) is 0 Å². The molecule has 90 valence electrons. The highest BCUT2D eigenvalue weighted by molar-refractivity contribution is 6.29. The number of hydrogen-bond acceptors (Lipinski definition) is 3. The molecule has 16 heavy (non-hydrogen) atoms. The summed E-state index contributed by atoms with van der Waals surface area (Å²) in [6.45, 7) is 4.70. The minimum atomic E-state index is -0.337. The molecule has 2 N–H and O–H groups in total. The largest absolute Gasteiger partial charge is 0.391 e. The topological polar surface area (TPSA) is 45.1 Å². The van der Waals surface area contributed by atoms with Crippen molar-refractivity contribution in [1.29, 1.82) is 0 Å². The molecule has 0 aliphatic carbocycles. The van der Waals surface area contributed by atoms with E-state index in [9.17, 15) is 5.11 Å². The lowest BCUT2D eigenvalue weighted by Crippen LogP contribution is -2.27. The van der Waals surface area contributed by atoms with Gasteiger partial charge in [0.2, 0.25) is 0 Å². The molecule has 1 aromatic heterocycles. The lowest BCUT2D eigenvalue weighted by atomic mass is 9.97.